The molecule has 1 N–H and O–H groups in total. The standard InChI is InChI=1S/C17H28N2O2/c1-6-14(3)19(5)13-17(18-4,16(20)21-7-2)15-11-9-8-10-12-15/h8-12,14,18H,6-7,13H2,1-5H3. The third-order valence-corrected chi connectivity index (χ3v) is 4.15. The lowest BCUT2D eigenvalue weighted by molar-refractivity contribution is -0.152. The molecule has 0 aliphatic carbocycles. The van der Waals surface area contributed by atoms with Crippen LogP contribution in [-0.4, -0.2) is 44.2 Å². The quantitative estimate of drug-likeness (QED) is 0.747. The normalized spacial score (nSPS) is 15.5. The average Bonchev–Trinajstić information content (AvgIpc) is 2.52. The number of rotatable bonds is 8. The van der Waals surface area contributed by atoms with Crippen LogP contribution in [0, 0.1) is 0 Å². The number of likely N-dealkylation sites (N-methyl/N-ethyl adjacent to an activating group) is 2. The first-order valence-corrected chi connectivity index (χ1v) is 7.63. The SMILES string of the molecule is CCOC(=O)C(CN(C)C(C)CC)(NC)c1ccccc1. The molecule has 1 aromatic rings. The number of carbonyl (C=O) groups excluding carboxylic acids is 1. The molecular formula is C17H28N2O2. The Bertz CT molecular complexity index is 436. The second-order valence-electron chi connectivity index (χ2n) is 5.41. The average molecular weight is 292 g/mol. The van der Waals surface area contributed by atoms with Gasteiger partial charge >= 0.3 is 5.97 Å². The summed E-state index contributed by atoms with van der Waals surface area (Å²) >= 11 is 0. The van der Waals surface area contributed by atoms with Crippen molar-refractivity contribution in [3.05, 3.63) is 35.9 Å². The molecule has 0 aliphatic rings. The highest BCUT2D eigenvalue weighted by Gasteiger charge is 2.41. The van der Waals surface area contributed by atoms with E-state index in [4.69, 9.17) is 4.74 Å². The van der Waals surface area contributed by atoms with E-state index in [0.717, 1.165) is 12.0 Å². The fourth-order valence-electron chi connectivity index (χ4n) is 2.42. The van der Waals surface area contributed by atoms with E-state index in [1.165, 1.54) is 0 Å². The summed E-state index contributed by atoms with van der Waals surface area (Å²) in [6.45, 7) is 7.09. The van der Waals surface area contributed by atoms with Crippen LogP contribution in [0.2, 0.25) is 0 Å². The molecule has 0 saturated heterocycles. The fourth-order valence-corrected chi connectivity index (χ4v) is 2.42. The molecule has 0 saturated carbocycles. The molecule has 4 nitrogen and oxygen atoms in total. The Balaban J connectivity index is 3.17. The van der Waals surface area contributed by atoms with Gasteiger partial charge in [-0.3, -0.25) is 0 Å². The third-order valence-electron chi connectivity index (χ3n) is 4.15. The summed E-state index contributed by atoms with van der Waals surface area (Å²) in [4.78, 5) is 14.8. The van der Waals surface area contributed by atoms with Gasteiger partial charge in [0.2, 0.25) is 0 Å². The number of hydrogen-bond acceptors (Lipinski definition) is 4. The highest BCUT2D eigenvalue weighted by Crippen LogP contribution is 2.25. The number of carbonyl (C=O) groups is 1. The summed E-state index contributed by atoms with van der Waals surface area (Å²) < 4.78 is 5.34. The van der Waals surface area contributed by atoms with Crippen LogP contribution < -0.4 is 5.32 Å². The van der Waals surface area contributed by atoms with Crippen molar-refractivity contribution in [2.45, 2.75) is 38.8 Å². The van der Waals surface area contributed by atoms with Gasteiger partial charge in [-0.1, -0.05) is 37.3 Å². The van der Waals surface area contributed by atoms with Gasteiger partial charge in [-0.2, -0.15) is 0 Å². The first kappa shape index (κ1) is 17.7. The van der Waals surface area contributed by atoms with E-state index in [1.54, 1.807) is 0 Å². The molecule has 0 heterocycles. The minimum Gasteiger partial charge on any atom is -0.464 e. The van der Waals surface area contributed by atoms with E-state index < -0.39 is 5.54 Å². The van der Waals surface area contributed by atoms with Gasteiger partial charge in [0.25, 0.3) is 0 Å². The maximum Gasteiger partial charge on any atom is 0.332 e. The summed E-state index contributed by atoms with van der Waals surface area (Å²) in [5.41, 5.74) is 0.0937. The van der Waals surface area contributed by atoms with E-state index in [9.17, 15) is 4.79 Å². The highest BCUT2D eigenvalue weighted by atomic mass is 16.5. The second-order valence-corrected chi connectivity index (χ2v) is 5.41. The molecule has 118 valence electrons. The van der Waals surface area contributed by atoms with Crippen LogP contribution in [0.5, 0.6) is 0 Å². The largest absolute Gasteiger partial charge is 0.464 e. The molecule has 1 aromatic carbocycles. The number of benzene rings is 1. The lowest BCUT2D eigenvalue weighted by Gasteiger charge is -2.37. The van der Waals surface area contributed by atoms with E-state index >= 15 is 0 Å². The van der Waals surface area contributed by atoms with Crippen LogP contribution in [0.1, 0.15) is 32.8 Å². The lowest BCUT2D eigenvalue weighted by Crippen LogP contribution is -2.56. The molecule has 0 amide bonds. The van der Waals surface area contributed by atoms with Crippen molar-refractivity contribution in [2.24, 2.45) is 0 Å². The third kappa shape index (κ3) is 4.05. The van der Waals surface area contributed by atoms with E-state index in [2.05, 4.69) is 24.1 Å². The van der Waals surface area contributed by atoms with Gasteiger partial charge in [0, 0.05) is 12.6 Å². The number of esters is 1. The highest BCUT2D eigenvalue weighted by molar-refractivity contribution is 5.83. The van der Waals surface area contributed by atoms with Crippen LogP contribution >= 0.6 is 0 Å². The maximum absolute atomic E-state index is 12.6. The zero-order valence-corrected chi connectivity index (χ0v) is 13.8. The predicted octanol–water partition coefficient (Wildman–Crippen LogP) is 2.39. The summed E-state index contributed by atoms with van der Waals surface area (Å²) in [5, 5.41) is 3.21. The smallest absolute Gasteiger partial charge is 0.332 e. The molecule has 2 unspecified atom stereocenters. The summed E-state index contributed by atoms with van der Waals surface area (Å²) in [5.74, 6) is -0.228. The molecule has 4 heteroatoms. The Labute approximate surface area is 128 Å². The molecular weight excluding hydrogens is 264 g/mol. The number of hydrogen-bond donors (Lipinski definition) is 1. The predicted molar refractivity (Wildman–Crippen MR) is 86.2 cm³/mol. The van der Waals surface area contributed by atoms with Crippen molar-refractivity contribution < 1.29 is 9.53 Å². The summed E-state index contributed by atoms with van der Waals surface area (Å²) in [7, 11) is 3.86. The van der Waals surface area contributed by atoms with E-state index in [1.807, 2.05) is 51.4 Å². The Morgan fingerprint density at radius 3 is 2.43 bits per heavy atom. The van der Waals surface area contributed by atoms with Crippen LogP contribution in [0.3, 0.4) is 0 Å². The first-order chi connectivity index (χ1) is 10.0. The van der Waals surface area contributed by atoms with Gasteiger partial charge in [-0.15, -0.1) is 0 Å². The van der Waals surface area contributed by atoms with Gasteiger partial charge in [0.1, 0.15) is 0 Å². The molecule has 2 atom stereocenters. The minimum absolute atomic E-state index is 0.228. The van der Waals surface area contributed by atoms with Gasteiger partial charge in [-0.05, 0) is 39.9 Å². The van der Waals surface area contributed by atoms with Gasteiger partial charge < -0.3 is 15.0 Å². The monoisotopic (exact) mass is 292 g/mol. The number of ether oxygens (including phenoxy) is 1. The Morgan fingerprint density at radius 2 is 1.95 bits per heavy atom. The Morgan fingerprint density at radius 1 is 1.33 bits per heavy atom. The van der Waals surface area contributed by atoms with Crippen molar-refractivity contribution >= 4 is 5.97 Å². The van der Waals surface area contributed by atoms with Gasteiger partial charge in [0.05, 0.1) is 6.61 Å². The molecule has 0 aliphatic heterocycles. The van der Waals surface area contributed by atoms with Crippen LogP contribution in [0.4, 0.5) is 0 Å². The molecule has 0 spiro atoms. The zero-order chi connectivity index (χ0) is 15.9. The topological polar surface area (TPSA) is 41.6 Å². The maximum atomic E-state index is 12.6. The first-order valence-electron chi connectivity index (χ1n) is 7.63. The molecule has 0 aromatic heterocycles. The van der Waals surface area contributed by atoms with Gasteiger partial charge in [0.15, 0.2) is 5.54 Å². The van der Waals surface area contributed by atoms with Crippen molar-refractivity contribution in [1.29, 1.82) is 0 Å². The van der Waals surface area contributed by atoms with Crippen molar-refractivity contribution in [3.63, 3.8) is 0 Å². The molecule has 21 heavy (non-hydrogen) atoms. The Kier molecular flexibility index (Phi) is 6.85. The molecule has 0 radical (unpaired) electrons. The van der Waals surface area contributed by atoms with E-state index in [0.29, 0.717) is 19.2 Å². The number of nitrogens with one attached hydrogen (secondary N) is 1. The van der Waals surface area contributed by atoms with Crippen LogP contribution in [0.25, 0.3) is 0 Å². The number of nitrogens with zero attached hydrogens (tertiary/aromatic N) is 1. The minimum atomic E-state index is -0.838. The molecule has 0 bridgehead atoms. The summed E-state index contributed by atoms with van der Waals surface area (Å²) in [6.07, 6.45) is 1.04. The van der Waals surface area contributed by atoms with E-state index in [-0.39, 0.29) is 5.97 Å². The van der Waals surface area contributed by atoms with Crippen molar-refractivity contribution in [2.75, 3.05) is 27.2 Å². The van der Waals surface area contributed by atoms with Crippen LogP contribution in [0.15, 0.2) is 30.3 Å². The zero-order valence-electron chi connectivity index (χ0n) is 13.8. The lowest BCUT2D eigenvalue weighted by atomic mass is 9.88. The summed E-state index contributed by atoms with van der Waals surface area (Å²) in [6, 6.07) is 10.2. The van der Waals surface area contributed by atoms with Gasteiger partial charge in [-0.25, -0.2) is 4.79 Å². The second kappa shape index (κ2) is 8.15. The molecule has 0 fully saturated rings. The van der Waals surface area contributed by atoms with Crippen molar-refractivity contribution in [3.8, 4) is 0 Å². The van der Waals surface area contributed by atoms with Crippen molar-refractivity contribution in [1.82, 2.24) is 10.2 Å². The molecule has 1 rings (SSSR count). The fraction of sp³-hybridized carbons (Fsp3) is 0.588. The van der Waals surface area contributed by atoms with Crippen LogP contribution in [-0.2, 0) is 15.1 Å². The Hall–Kier alpha value is -1.39.